The number of thiol groups is 1. The molecule has 0 fully saturated rings. The molecule has 0 saturated heterocycles. The zero-order valence-corrected chi connectivity index (χ0v) is 10.7. The molecule has 0 atom stereocenters. The summed E-state index contributed by atoms with van der Waals surface area (Å²) in [6.45, 7) is 1.71. The van der Waals surface area contributed by atoms with Crippen LogP contribution in [0.1, 0.15) is 16.1 Å². The molecule has 0 saturated carbocycles. The van der Waals surface area contributed by atoms with Crippen molar-refractivity contribution >= 4 is 29.9 Å². The van der Waals surface area contributed by atoms with Crippen molar-refractivity contribution in [1.29, 1.82) is 0 Å². The molecule has 0 aliphatic heterocycles. The van der Waals surface area contributed by atoms with Crippen LogP contribution in [0.4, 0.5) is 0 Å². The summed E-state index contributed by atoms with van der Waals surface area (Å²) in [4.78, 5) is 15.2. The van der Waals surface area contributed by atoms with Gasteiger partial charge in [-0.1, -0.05) is 0 Å². The third-order valence-electron chi connectivity index (χ3n) is 1.88. The Morgan fingerprint density at radius 3 is 2.87 bits per heavy atom. The number of hydrogen-bond acceptors (Lipinski definition) is 4. The Balaban J connectivity index is 2.25. The first-order chi connectivity index (χ1) is 7.09. The van der Waals surface area contributed by atoms with Crippen LogP contribution >= 0.6 is 24.0 Å². The lowest BCUT2D eigenvalue weighted by molar-refractivity contribution is 0.0956. The Kier molecular flexibility index (Phi) is 5.14. The Morgan fingerprint density at radius 2 is 2.33 bits per heavy atom. The van der Waals surface area contributed by atoms with E-state index in [9.17, 15) is 4.79 Å². The molecule has 0 spiro atoms. The van der Waals surface area contributed by atoms with E-state index in [2.05, 4.69) is 22.8 Å². The molecule has 15 heavy (non-hydrogen) atoms. The Hall–Kier alpha value is -0.520. The molecule has 0 aliphatic carbocycles. The fourth-order valence-corrected chi connectivity index (χ4v) is 2.19. The predicted molar refractivity (Wildman–Crippen MR) is 67.1 cm³/mol. The summed E-state index contributed by atoms with van der Waals surface area (Å²) in [7, 11) is 4.04. The summed E-state index contributed by atoms with van der Waals surface area (Å²) >= 11 is 5.58. The minimum atomic E-state index is -0.000874. The lowest BCUT2D eigenvalue weighted by atomic mass is 10.4. The number of carbonyl (C=O) groups is 1. The Bertz CT molecular complexity index is 323. The SMILES string of the molecule is CN(C)CCCNC(=O)c1cc(S)cs1. The van der Waals surface area contributed by atoms with Crippen molar-refractivity contribution < 1.29 is 4.79 Å². The van der Waals surface area contributed by atoms with Gasteiger partial charge < -0.3 is 10.2 Å². The maximum Gasteiger partial charge on any atom is 0.261 e. The minimum Gasteiger partial charge on any atom is -0.351 e. The first-order valence-corrected chi connectivity index (χ1v) is 6.12. The van der Waals surface area contributed by atoms with Crippen molar-refractivity contribution in [1.82, 2.24) is 10.2 Å². The van der Waals surface area contributed by atoms with E-state index in [-0.39, 0.29) is 5.91 Å². The molecule has 0 radical (unpaired) electrons. The maximum absolute atomic E-state index is 11.6. The van der Waals surface area contributed by atoms with E-state index >= 15 is 0 Å². The van der Waals surface area contributed by atoms with Crippen LogP contribution in [0.2, 0.25) is 0 Å². The van der Waals surface area contributed by atoms with Gasteiger partial charge in [0, 0.05) is 16.8 Å². The Labute approximate surface area is 99.9 Å². The van der Waals surface area contributed by atoms with E-state index in [1.807, 2.05) is 19.5 Å². The van der Waals surface area contributed by atoms with E-state index in [4.69, 9.17) is 0 Å². The van der Waals surface area contributed by atoms with Gasteiger partial charge in [-0.3, -0.25) is 4.79 Å². The average molecular weight is 244 g/mol. The van der Waals surface area contributed by atoms with Crippen LogP contribution in [-0.2, 0) is 0 Å². The zero-order valence-electron chi connectivity index (χ0n) is 8.99. The second-order valence-electron chi connectivity index (χ2n) is 3.58. The van der Waals surface area contributed by atoms with Crippen LogP contribution in [0.3, 0.4) is 0 Å². The molecule has 1 aromatic rings. The average Bonchev–Trinajstić information content (AvgIpc) is 2.59. The highest BCUT2D eigenvalue weighted by atomic mass is 32.1. The highest BCUT2D eigenvalue weighted by molar-refractivity contribution is 7.80. The zero-order chi connectivity index (χ0) is 11.3. The van der Waals surface area contributed by atoms with Crippen LogP contribution in [0.5, 0.6) is 0 Å². The Morgan fingerprint density at radius 1 is 1.60 bits per heavy atom. The molecule has 1 rings (SSSR count). The molecule has 0 bridgehead atoms. The van der Waals surface area contributed by atoms with Crippen molar-refractivity contribution in [2.75, 3.05) is 27.2 Å². The van der Waals surface area contributed by atoms with Gasteiger partial charge in [0.2, 0.25) is 0 Å². The van der Waals surface area contributed by atoms with Crippen molar-refractivity contribution in [3.63, 3.8) is 0 Å². The standard InChI is InChI=1S/C10H16N2OS2/c1-12(2)5-3-4-11-10(13)9-6-8(14)7-15-9/h6-7,14H,3-5H2,1-2H3,(H,11,13). The number of nitrogens with zero attached hydrogens (tertiary/aromatic N) is 1. The number of hydrogen-bond donors (Lipinski definition) is 2. The molecule has 1 amide bonds. The van der Waals surface area contributed by atoms with E-state index in [1.54, 1.807) is 6.07 Å². The largest absolute Gasteiger partial charge is 0.351 e. The maximum atomic E-state index is 11.6. The second-order valence-corrected chi connectivity index (χ2v) is 5.01. The lowest BCUT2D eigenvalue weighted by Crippen LogP contribution is -2.26. The smallest absolute Gasteiger partial charge is 0.261 e. The van der Waals surface area contributed by atoms with Crippen molar-refractivity contribution in [2.24, 2.45) is 0 Å². The van der Waals surface area contributed by atoms with E-state index in [1.165, 1.54) is 11.3 Å². The molecule has 1 heterocycles. The molecule has 5 heteroatoms. The quantitative estimate of drug-likeness (QED) is 0.610. The van der Waals surface area contributed by atoms with Crippen molar-refractivity contribution in [3.8, 4) is 0 Å². The first kappa shape index (κ1) is 12.5. The van der Waals surface area contributed by atoms with Crippen LogP contribution in [-0.4, -0.2) is 38.0 Å². The highest BCUT2D eigenvalue weighted by Crippen LogP contribution is 2.17. The first-order valence-electron chi connectivity index (χ1n) is 4.80. The number of nitrogens with one attached hydrogen (secondary N) is 1. The van der Waals surface area contributed by atoms with Crippen LogP contribution < -0.4 is 5.32 Å². The minimum absolute atomic E-state index is 0.000874. The number of rotatable bonds is 5. The number of thiophene rings is 1. The summed E-state index contributed by atoms with van der Waals surface area (Å²) < 4.78 is 0. The number of amides is 1. The fraction of sp³-hybridized carbons (Fsp3) is 0.500. The van der Waals surface area contributed by atoms with Gasteiger partial charge in [-0.25, -0.2) is 0 Å². The molecule has 1 aromatic heterocycles. The lowest BCUT2D eigenvalue weighted by Gasteiger charge is -2.09. The third-order valence-corrected chi connectivity index (χ3v) is 3.24. The summed E-state index contributed by atoms with van der Waals surface area (Å²) in [6, 6.07) is 1.79. The van der Waals surface area contributed by atoms with Crippen molar-refractivity contribution in [2.45, 2.75) is 11.3 Å². The molecule has 0 unspecified atom stereocenters. The highest BCUT2D eigenvalue weighted by Gasteiger charge is 2.06. The van der Waals surface area contributed by atoms with Gasteiger partial charge >= 0.3 is 0 Å². The van der Waals surface area contributed by atoms with E-state index in [0.717, 1.165) is 29.3 Å². The van der Waals surface area contributed by atoms with Crippen LogP contribution in [0, 0.1) is 0 Å². The van der Waals surface area contributed by atoms with Crippen molar-refractivity contribution in [3.05, 3.63) is 16.3 Å². The van der Waals surface area contributed by atoms with Gasteiger partial charge in [0.25, 0.3) is 5.91 Å². The molecule has 3 nitrogen and oxygen atoms in total. The summed E-state index contributed by atoms with van der Waals surface area (Å²) in [5.74, 6) is -0.000874. The number of carbonyl (C=O) groups excluding carboxylic acids is 1. The molecule has 0 aliphatic rings. The summed E-state index contributed by atoms with van der Waals surface area (Å²) in [5.41, 5.74) is 0. The summed E-state index contributed by atoms with van der Waals surface area (Å²) in [5, 5.41) is 4.74. The predicted octanol–water partition coefficient (Wildman–Crippen LogP) is 1.72. The van der Waals surface area contributed by atoms with E-state index < -0.39 is 0 Å². The second kappa shape index (κ2) is 6.15. The van der Waals surface area contributed by atoms with Crippen LogP contribution in [0.15, 0.2) is 16.3 Å². The van der Waals surface area contributed by atoms with Gasteiger partial charge in [-0.2, -0.15) is 0 Å². The molecule has 1 N–H and O–H groups in total. The topological polar surface area (TPSA) is 32.3 Å². The van der Waals surface area contributed by atoms with Gasteiger partial charge in [-0.05, 0) is 33.1 Å². The molecular weight excluding hydrogens is 228 g/mol. The van der Waals surface area contributed by atoms with Gasteiger partial charge in [-0.15, -0.1) is 24.0 Å². The third kappa shape index (κ3) is 4.68. The van der Waals surface area contributed by atoms with Crippen LogP contribution in [0.25, 0.3) is 0 Å². The molecular formula is C10H16N2OS2. The molecule has 0 aromatic carbocycles. The van der Waals surface area contributed by atoms with Gasteiger partial charge in [0.1, 0.15) is 0 Å². The van der Waals surface area contributed by atoms with Gasteiger partial charge in [0.15, 0.2) is 0 Å². The summed E-state index contributed by atoms with van der Waals surface area (Å²) in [6.07, 6.45) is 0.970. The monoisotopic (exact) mass is 244 g/mol. The fourth-order valence-electron chi connectivity index (χ4n) is 1.13. The van der Waals surface area contributed by atoms with E-state index in [0.29, 0.717) is 0 Å². The molecule has 84 valence electrons. The van der Waals surface area contributed by atoms with Gasteiger partial charge in [0.05, 0.1) is 4.88 Å². The normalized spacial score (nSPS) is 10.7.